The first-order chi connectivity index (χ1) is 12.7. The predicted octanol–water partition coefficient (Wildman–Crippen LogP) is 4.69. The SMILES string of the molecule is O=C(COC(=O)C=Cc1c(F)cccc1Cl)Nc1ccccc1C(F)(F)F. The number of carbonyl (C=O) groups excluding carboxylic acids is 2. The van der Waals surface area contributed by atoms with E-state index < -0.39 is 41.7 Å². The summed E-state index contributed by atoms with van der Waals surface area (Å²) in [5.41, 5.74) is -1.53. The number of amides is 1. The summed E-state index contributed by atoms with van der Waals surface area (Å²) in [6.07, 6.45) is -2.74. The molecule has 0 aromatic heterocycles. The first kappa shape index (κ1) is 20.4. The summed E-state index contributed by atoms with van der Waals surface area (Å²) in [6.45, 7) is -0.819. The average molecular weight is 402 g/mol. The second kappa shape index (κ2) is 8.68. The van der Waals surface area contributed by atoms with Crippen LogP contribution in [0.2, 0.25) is 5.02 Å². The molecular formula is C18H12ClF4NO3. The molecule has 2 rings (SSSR count). The lowest BCUT2D eigenvalue weighted by atomic mass is 10.1. The number of hydrogen-bond donors (Lipinski definition) is 1. The van der Waals surface area contributed by atoms with Crippen LogP contribution in [0.1, 0.15) is 11.1 Å². The number of benzene rings is 2. The van der Waals surface area contributed by atoms with Gasteiger partial charge in [0, 0.05) is 11.6 Å². The van der Waals surface area contributed by atoms with E-state index in [4.69, 9.17) is 11.6 Å². The molecule has 4 nitrogen and oxygen atoms in total. The Bertz CT molecular complexity index is 861. The lowest BCUT2D eigenvalue weighted by molar-refractivity contribution is -0.142. The number of para-hydroxylation sites is 1. The molecule has 2 aromatic rings. The van der Waals surface area contributed by atoms with Gasteiger partial charge in [0.15, 0.2) is 6.61 Å². The van der Waals surface area contributed by atoms with Crippen LogP contribution in [0.15, 0.2) is 48.5 Å². The van der Waals surface area contributed by atoms with E-state index in [1.165, 1.54) is 24.3 Å². The zero-order chi connectivity index (χ0) is 20.0. The number of alkyl halides is 3. The standard InChI is InChI=1S/C18H12ClF4NO3/c19-13-5-3-6-14(20)11(13)8-9-17(26)27-10-16(25)24-15-7-2-1-4-12(15)18(21,22)23/h1-9H,10H2,(H,24,25). The highest BCUT2D eigenvalue weighted by Gasteiger charge is 2.33. The van der Waals surface area contributed by atoms with Crippen molar-refractivity contribution in [1.82, 2.24) is 0 Å². The summed E-state index contributed by atoms with van der Waals surface area (Å²) in [4.78, 5) is 23.3. The van der Waals surface area contributed by atoms with E-state index in [1.807, 2.05) is 5.32 Å². The van der Waals surface area contributed by atoms with Crippen molar-refractivity contribution in [2.45, 2.75) is 6.18 Å². The molecule has 0 aliphatic heterocycles. The van der Waals surface area contributed by atoms with E-state index in [0.717, 1.165) is 30.4 Å². The molecule has 0 radical (unpaired) electrons. The Morgan fingerprint density at radius 3 is 2.48 bits per heavy atom. The first-order valence-electron chi connectivity index (χ1n) is 7.43. The van der Waals surface area contributed by atoms with Crippen LogP contribution >= 0.6 is 11.6 Å². The number of nitrogens with one attached hydrogen (secondary N) is 1. The number of esters is 1. The van der Waals surface area contributed by atoms with Crippen molar-refractivity contribution in [2.75, 3.05) is 11.9 Å². The van der Waals surface area contributed by atoms with E-state index in [9.17, 15) is 27.2 Å². The normalized spacial score (nSPS) is 11.4. The van der Waals surface area contributed by atoms with Crippen LogP contribution in [-0.2, 0) is 20.5 Å². The van der Waals surface area contributed by atoms with E-state index in [2.05, 4.69) is 4.74 Å². The van der Waals surface area contributed by atoms with Crippen LogP contribution < -0.4 is 5.32 Å². The maximum Gasteiger partial charge on any atom is 0.418 e. The minimum absolute atomic E-state index is 0.0420. The number of rotatable bonds is 5. The van der Waals surface area contributed by atoms with Gasteiger partial charge < -0.3 is 10.1 Å². The van der Waals surface area contributed by atoms with Crippen LogP contribution in [0.25, 0.3) is 6.08 Å². The van der Waals surface area contributed by atoms with Crippen LogP contribution in [0.4, 0.5) is 23.2 Å². The van der Waals surface area contributed by atoms with E-state index in [-0.39, 0.29) is 10.6 Å². The second-order valence-corrected chi connectivity index (χ2v) is 5.58. The Kier molecular flexibility index (Phi) is 6.57. The molecule has 0 saturated heterocycles. The number of hydrogen-bond acceptors (Lipinski definition) is 3. The quantitative estimate of drug-likeness (QED) is 0.449. The van der Waals surface area contributed by atoms with Gasteiger partial charge in [0.25, 0.3) is 5.91 Å². The molecule has 2 aromatic carbocycles. The Morgan fingerprint density at radius 1 is 1.11 bits per heavy atom. The molecule has 1 amide bonds. The fourth-order valence-corrected chi connectivity index (χ4v) is 2.26. The van der Waals surface area contributed by atoms with Gasteiger partial charge in [-0.15, -0.1) is 0 Å². The summed E-state index contributed by atoms with van der Waals surface area (Å²) < 4.78 is 56.7. The van der Waals surface area contributed by atoms with Gasteiger partial charge in [-0.3, -0.25) is 4.79 Å². The van der Waals surface area contributed by atoms with Crippen molar-refractivity contribution >= 4 is 35.2 Å². The second-order valence-electron chi connectivity index (χ2n) is 5.17. The molecule has 142 valence electrons. The average Bonchev–Trinajstić information content (AvgIpc) is 2.59. The first-order valence-corrected chi connectivity index (χ1v) is 7.81. The summed E-state index contributed by atoms with van der Waals surface area (Å²) in [5, 5.41) is 2.09. The topological polar surface area (TPSA) is 55.4 Å². The van der Waals surface area contributed by atoms with Crippen molar-refractivity contribution < 1.29 is 31.9 Å². The summed E-state index contributed by atoms with van der Waals surface area (Å²) in [5.74, 6) is -2.61. The van der Waals surface area contributed by atoms with Crippen LogP contribution in [0.5, 0.6) is 0 Å². The maximum atomic E-state index is 13.5. The van der Waals surface area contributed by atoms with Gasteiger partial charge >= 0.3 is 12.1 Å². The number of anilines is 1. The smallest absolute Gasteiger partial charge is 0.418 e. The van der Waals surface area contributed by atoms with Crippen molar-refractivity contribution in [3.05, 3.63) is 70.5 Å². The third-order valence-corrected chi connectivity index (χ3v) is 3.57. The minimum Gasteiger partial charge on any atom is -0.452 e. The lowest BCUT2D eigenvalue weighted by Gasteiger charge is -2.13. The molecule has 0 unspecified atom stereocenters. The molecule has 0 aliphatic rings. The molecule has 0 bridgehead atoms. The lowest BCUT2D eigenvalue weighted by Crippen LogP contribution is -2.22. The van der Waals surface area contributed by atoms with E-state index in [1.54, 1.807) is 0 Å². The fourth-order valence-electron chi connectivity index (χ4n) is 2.03. The predicted molar refractivity (Wildman–Crippen MR) is 91.5 cm³/mol. The molecule has 9 heteroatoms. The summed E-state index contributed by atoms with van der Waals surface area (Å²) in [7, 11) is 0. The highest BCUT2D eigenvalue weighted by molar-refractivity contribution is 6.32. The number of carbonyl (C=O) groups is 2. The van der Waals surface area contributed by atoms with Crippen LogP contribution in [0, 0.1) is 5.82 Å². The third kappa shape index (κ3) is 5.82. The fraction of sp³-hybridized carbons (Fsp3) is 0.111. The molecule has 0 heterocycles. The van der Waals surface area contributed by atoms with Gasteiger partial charge in [0.2, 0.25) is 0 Å². The number of ether oxygens (including phenoxy) is 1. The van der Waals surface area contributed by atoms with Gasteiger partial charge in [0.05, 0.1) is 16.3 Å². The number of halogens is 5. The Balaban J connectivity index is 1.95. The molecule has 0 saturated carbocycles. The van der Waals surface area contributed by atoms with Crippen LogP contribution in [0.3, 0.4) is 0 Å². The molecule has 0 aliphatic carbocycles. The van der Waals surface area contributed by atoms with E-state index >= 15 is 0 Å². The van der Waals surface area contributed by atoms with Crippen molar-refractivity contribution in [2.24, 2.45) is 0 Å². The van der Waals surface area contributed by atoms with Gasteiger partial charge in [0.1, 0.15) is 5.82 Å². The highest BCUT2D eigenvalue weighted by Crippen LogP contribution is 2.34. The molecule has 27 heavy (non-hydrogen) atoms. The Morgan fingerprint density at radius 2 is 1.81 bits per heavy atom. The van der Waals surface area contributed by atoms with E-state index in [0.29, 0.717) is 0 Å². The Labute approximate surface area is 156 Å². The van der Waals surface area contributed by atoms with Gasteiger partial charge in [-0.2, -0.15) is 13.2 Å². The molecule has 0 atom stereocenters. The van der Waals surface area contributed by atoms with Crippen molar-refractivity contribution in [3.8, 4) is 0 Å². The van der Waals surface area contributed by atoms with Gasteiger partial charge in [-0.25, -0.2) is 9.18 Å². The summed E-state index contributed by atoms with van der Waals surface area (Å²) in [6, 6.07) is 8.32. The van der Waals surface area contributed by atoms with Gasteiger partial charge in [-0.05, 0) is 30.3 Å². The molecule has 0 fully saturated rings. The van der Waals surface area contributed by atoms with Crippen LogP contribution in [-0.4, -0.2) is 18.5 Å². The van der Waals surface area contributed by atoms with Crippen molar-refractivity contribution in [1.29, 1.82) is 0 Å². The molecule has 0 spiro atoms. The minimum atomic E-state index is -4.65. The third-order valence-electron chi connectivity index (χ3n) is 3.24. The maximum absolute atomic E-state index is 13.5. The molecule has 1 N–H and O–H groups in total. The molecular weight excluding hydrogens is 390 g/mol. The zero-order valence-electron chi connectivity index (χ0n) is 13.5. The zero-order valence-corrected chi connectivity index (χ0v) is 14.3. The largest absolute Gasteiger partial charge is 0.452 e. The Hall–Kier alpha value is -2.87. The monoisotopic (exact) mass is 401 g/mol. The summed E-state index contributed by atoms with van der Waals surface area (Å²) >= 11 is 5.78. The van der Waals surface area contributed by atoms with Gasteiger partial charge in [-0.1, -0.05) is 29.8 Å². The highest BCUT2D eigenvalue weighted by atomic mass is 35.5. The van der Waals surface area contributed by atoms with Crippen molar-refractivity contribution in [3.63, 3.8) is 0 Å².